The van der Waals surface area contributed by atoms with Gasteiger partial charge in [0.2, 0.25) is 0 Å². The summed E-state index contributed by atoms with van der Waals surface area (Å²) in [6.07, 6.45) is 0.866. The molecule has 0 atom stereocenters. The molecule has 6 nitrogen and oxygen atoms in total. The van der Waals surface area contributed by atoms with E-state index in [1.54, 1.807) is 18.2 Å². The van der Waals surface area contributed by atoms with Gasteiger partial charge in [-0.15, -0.1) is 0 Å². The van der Waals surface area contributed by atoms with Gasteiger partial charge < -0.3 is 4.57 Å². The highest BCUT2D eigenvalue weighted by Crippen LogP contribution is 2.24. The van der Waals surface area contributed by atoms with Gasteiger partial charge in [0.15, 0.2) is 4.80 Å². The van der Waals surface area contributed by atoms with Crippen LogP contribution in [0.5, 0.6) is 0 Å². The van der Waals surface area contributed by atoms with Crippen molar-refractivity contribution in [1.29, 1.82) is 0 Å². The number of fused-ring (bicyclic) bond motifs is 1. The third-order valence-electron chi connectivity index (χ3n) is 4.52. The molecule has 3 rings (SSSR count). The van der Waals surface area contributed by atoms with E-state index in [0.717, 1.165) is 22.2 Å². The molecule has 1 amide bonds. The maximum atomic E-state index is 12.7. The molecule has 0 aliphatic heterocycles. The number of carbonyl (C=O) groups excluding carboxylic acids is 1. The van der Waals surface area contributed by atoms with Crippen molar-refractivity contribution >= 4 is 33.1 Å². The minimum Gasteiger partial charge on any atom is -0.316 e. The van der Waals surface area contributed by atoms with Gasteiger partial charge in [-0.3, -0.25) is 14.9 Å². The van der Waals surface area contributed by atoms with Gasteiger partial charge in [-0.2, -0.15) is 4.99 Å². The Balaban J connectivity index is 2.05. The molecule has 0 saturated heterocycles. The highest BCUT2D eigenvalue weighted by Gasteiger charge is 2.15. The first kappa shape index (κ1) is 19.9. The highest BCUT2D eigenvalue weighted by atomic mass is 32.1. The molecule has 0 aliphatic carbocycles. The van der Waals surface area contributed by atoms with Gasteiger partial charge in [0, 0.05) is 24.2 Å². The third-order valence-corrected chi connectivity index (χ3v) is 5.56. The van der Waals surface area contributed by atoms with Gasteiger partial charge >= 0.3 is 0 Å². The van der Waals surface area contributed by atoms with Crippen molar-refractivity contribution in [2.45, 2.75) is 46.1 Å². The molecule has 146 valence electrons. The van der Waals surface area contributed by atoms with Crippen molar-refractivity contribution < 1.29 is 9.72 Å². The second kappa shape index (κ2) is 7.67. The Hall–Kier alpha value is -2.80. The molecule has 28 heavy (non-hydrogen) atoms. The SMILES string of the molecule is CCCn1c(=NC(=O)c2ccc(C(C)(C)C)cc2)sc2cc([N+](=O)[O-])ccc21. The standard InChI is InChI=1S/C21H23N3O3S/c1-5-12-23-17-11-10-16(24(26)27)13-18(17)28-20(23)22-19(25)14-6-8-15(9-7-14)21(2,3)4/h6-11,13H,5,12H2,1-4H3. The average molecular weight is 398 g/mol. The van der Waals surface area contributed by atoms with Crippen molar-refractivity contribution in [3.8, 4) is 0 Å². The second-order valence-electron chi connectivity index (χ2n) is 7.69. The molecule has 3 aromatic rings. The van der Waals surface area contributed by atoms with E-state index in [9.17, 15) is 14.9 Å². The Labute approximate surface area is 167 Å². The van der Waals surface area contributed by atoms with Crippen LogP contribution in [0.3, 0.4) is 0 Å². The number of thiazole rings is 1. The molecular weight excluding hydrogens is 374 g/mol. The quantitative estimate of drug-likeness (QED) is 0.456. The first-order valence-corrected chi connectivity index (χ1v) is 9.99. The van der Waals surface area contributed by atoms with Crippen LogP contribution < -0.4 is 4.80 Å². The fourth-order valence-electron chi connectivity index (χ4n) is 2.96. The van der Waals surface area contributed by atoms with Gasteiger partial charge in [-0.05, 0) is 35.6 Å². The van der Waals surface area contributed by atoms with Crippen LogP contribution in [0.15, 0.2) is 47.5 Å². The van der Waals surface area contributed by atoms with Gasteiger partial charge in [0.05, 0.1) is 15.1 Å². The number of rotatable bonds is 4. The maximum Gasteiger partial charge on any atom is 0.279 e. The van der Waals surface area contributed by atoms with E-state index in [4.69, 9.17) is 0 Å². The number of nitro groups is 1. The van der Waals surface area contributed by atoms with E-state index in [1.165, 1.54) is 23.5 Å². The third kappa shape index (κ3) is 4.04. The highest BCUT2D eigenvalue weighted by molar-refractivity contribution is 7.16. The molecular formula is C21H23N3O3S. The lowest BCUT2D eigenvalue weighted by Crippen LogP contribution is -2.17. The van der Waals surface area contributed by atoms with Crippen LogP contribution in [-0.2, 0) is 12.0 Å². The average Bonchev–Trinajstić information content (AvgIpc) is 2.98. The number of benzene rings is 2. The molecule has 0 N–H and O–H groups in total. The van der Waals surface area contributed by atoms with Gasteiger partial charge in [-0.1, -0.05) is 51.2 Å². The molecule has 0 radical (unpaired) electrons. The number of nitro benzene ring substituents is 1. The molecule has 0 bridgehead atoms. The molecule has 7 heteroatoms. The lowest BCUT2D eigenvalue weighted by atomic mass is 9.87. The molecule has 1 heterocycles. The fraction of sp³-hybridized carbons (Fsp3) is 0.333. The normalized spacial score (nSPS) is 12.5. The van der Waals surface area contributed by atoms with E-state index in [-0.39, 0.29) is 17.0 Å². The molecule has 0 fully saturated rings. The Kier molecular flexibility index (Phi) is 5.47. The number of non-ortho nitro benzene ring substituents is 1. The Morgan fingerprint density at radius 3 is 2.43 bits per heavy atom. The fourth-order valence-corrected chi connectivity index (χ4v) is 4.05. The lowest BCUT2D eigenvalue weighted by Gasteiger charge is -2.18. The molecule has 0 saturated carbocycles. The summed E-state index contributed by atoms with van der Waals surface area (Å²) in [5.41, 5.74) is 2.59. The predicted molar refractivity (Wildman–Crippen MR) is 112 cm³/mol. The summed E-state index contributed by atoms with van der Waals surface area (Å²) < 4.78 is 2.70. The molecule has 0 aliphatic rings. The molecule has 2 aromatic carbocycles. The van der Waals surface area contributed by atoms with Crippen molar-refractivity contribution in [2.24, 2.45) is 4.99 Å². The van der Waals surface area contributed by atoms with Crippen LogP contribution in [0.1, 0.15) is 50.0 Å². The first-order valence-electron chi connectivity index (χ1n) is 9.18. The zero-order valence-electron chi connectivity index (χ0n) is 16.4. The second-order valence-corrected chi connectivity index (χ2v) is 8.70. The van der Waals surface area contributed by atoms with E-state index >= 15 is 0 Å². The summed E-state index contributed by atoms with van der Waals surface area (Å²) >= 11 is 1.30. The number of carbonyl (C=O) groups is 1. The van der Waals surface area contributed by atoms with Crippen LogP contribution in [0.25, 0.3) is 10.2 Å². The summed E-state index contributed by atoms with van der Waals surface area (Å²) in [7, 11) is 0. The Morgan fingerprint density at radius 2 is 1.86 bits per heavy atom. The number of hydrogen-bond acceptors (Lipinski definition) is 4. The van der Waals surface area contributed by atoms with Crippen molar-refractivity contribution in [2.75, 3.05) is 0 Å². The molecule has 1 aromatic heterocycles. The van der Waals surface area contributed by atoms with Crippen molar-refractivity contribution in [3.05, 3.63) is 68.5 Å². The summed E-state index contributed by atoms with van der Waals surface area (Å²) in [6.45, 7) is 9.10. The Morgan fingerprint density at radius 1 is 1.18 bits per heavy atom. The summed E-state index contributed by atoms with van der Waals surface area (Å²) in [5, 5.41) is 11.0. The molecule has 0 spiro atoms. The topological polar surface area (TPSA) is 77.5 Å². The van der Waals surface area contributed by atoms with E-state index in [0.29, 0.717) is 16.9 Å². The zero-order valence-corrected chi connectivity index (χ0v) is 17.2. The van der Waals surface area contributed by atoms with Gasteiger partial charge in [0.25, 0.3) is 11.6 Å². The lowest BCUT2D eigenvalue weighted by molar-refractivity contribution is -0.384. The van der Waals surface area contributed by atoms with Crippen molar-refractivity contribution in [1.82, 2.24) is 4.57 Å². The minimum absolute atomic E-state index is 0.0169. The largest absolute Gasteiger partial charge is 0.316 e. The predicted octanol–water partition coefficient (Wildman–Crippen LogP) is 5.06. The Bertz CT molecular complexity index is 1100. The van der Waals surface area contributed by atoms with Crippen LogP contribution in [0.2, 0.25) is 0 Å². The summed E-state index contributed by atoms with van der Waals surface area (Å²) in [6, 6.07) is 12.3. The monoisotopic (exact) mass is 397 g/mol. The molecule has 0 unspecified atom stereocenters. The van der Waals surface area contributed by atoms with Gasteiger partial charge in [-0.25, -0.2) is 0 Å². The minimum atomic E-state index is -0.415. The van der Waals surface area contributed by atoms with Crippen LogP contribution in [-0.4, -0.2) is 15.4 Å². The van der Waals surface area contributed by atoms with Crippen LogP contribution in [0.4, 0.5) is 5.69 Å². The van der Waals surface area contributed by atoms with E-state index in [2.05, 4.69) is 25.8 Å². The van der Waals surface area contributed by atoms with E-state index < -0.39 is 4.92 Å². The first-order chi connectivity index (χ1) is 13.2. The van der Waals surface area contributed by atoms with E-state index in [1.807, 2.05) is 23.6 Å². The number of aromatic nitrogens is 1. The number of nitrogens with zero attached hydrogens (tertiary/aromatic N) is 3. The summed E-state index contributed by atoms with van der Waals surface area (Å²) in [5.74, 6) is -0.314. The smallest absolute Gasteiger partial charge is 0.279 e. The number of aryl methyl sites for hydroxylation is 1. The maximum absolute atomic E-state index is 12.7. The van der Waals surface area contributed by atoms with Crippen molar-refractivity contribution in [3.63, 3.8) is 0 Å². The number of amides is 1. The summed E-state index contributed by atoms with van der Waals surface area (Å²) in [4.78, 5) is 28.2. The zero-order chi connectivity index (χ0) is 20.5. The van der Waals surface area contributed by atoms with Crippen LogP contribution in [0, 0.1) is 10.1 Å². The van der Waals surface area contributed by atoms with Gasteiger partial charge in [0.1, 0.15) is 0 Å². The van der Waals surface area contributed by atoms with Crippen LogP contribution >= 0.6 is 11.3 Å². The number of hydrogen-bond donors (Lipinski definition) is 0.